The molecule has 2 rings (SSSR count). The molecule has 0 aromatic heterocycles. The highest BCUT2D eigenvalue weighted by Gasteiger charge is 2.32. The second-order valence-electron chi connectivity index (χ2n) is 6.57. The highest BCUT2D eigenvalue weighted by molar-refractivity contribution is 14.0. The molecule has 1 aliphatic heterocycles. The van der Waals surface area contributed by atoms with Crippen molar-refractivity contribution in [1.29, 1.82) is 0 Å². The molecule has 4 nitrogen and oxygen atoms in total. The van der Waals surface area contributed by atoms with Gasteiger partial charge in [-0.15, -0.1) is 24.0 Å². The van der Waals surface area contributed by atoms with Crippen LogP contribution in [0.4, 0.5) is 13.2 Å². The molecule has 1 fully saturated rings. The van der Waals surface area contributed by atoms with Crippen molar-refractivity contribution in [2.45, 2.75) is 32.0 Å². The van der Waals surface area contributed by atoms with Crippen LogP contribution in [0.1, 0.15) is 24.8 Å². The number of hydrogen-bond acceptors (Lipinski definition) is 2. The van der Waals surface area contributed by atoms with Gasteiger partial charge in [-0.1, -0.05) is 29.8 Å². The maximum atomic E-state index is 12.4. The number of aliphatic imine (C=N–C) groups is 1. The summed E-state index contributed by atoms with van der Waals surface area (Å²) in [4.78, 5) is 5.68. The number of likely N-dealkylation sites (tertiary alicyclic amines) is 1. The quantitative estimate of drug-likeness (QED) is 0.335. The fraction of sp³-hybridized carbons (Fsp3) is 0.611. The molecule has 0 saturated carbocycles. The van der Waals surface area contributed by atoms with E-state index in [9.17, 15) is 13.2 Å². The molecule has 1 aliphatic rings. The number of piperidine rings is 1. The SMILES string of the molecule is CN=C(NCCC1CCN(CC(F)(F)F)CC1)NCc1ccccc1Cl.I. The average Bonchev–Trinajstić information content (AvgIpc) is 2.59. The van der Waals surface area contributed by atoms with Crippen LogP contribution in [0.5, 0.6) is 0 Å². The summed E-state index contributed by atoms with van der Waals surface area (Å²) in [7, 11) is 1.71. The van der Waals surface area contributed by atoms with E-state index in [1.807, 2.05) is 24.3 Å². The zero-order chi connectivity index (χ0) is 19.0. The van der Waals surface area contributed by atoms with E-state index in [0.29, 0.717) is 36.5 Å². The summed E-state index contributed by atoms with van der Waals surface area (Å²) in [5.41, 5.74) is 0.995. The lowest BCUT2D eigenvalue weighted by Crippen LogP contribution is -2.41. The number of benzene rings is 1. The van der Waals surface area contributed by atoms with Crippen LogP contribution in [0.2, 0.25) is 5.02 Å². The molecule has 0 amide bonds. The number of halogens is 5. The maximum Gasteiger partial charge on any atom is 0.401 e. The van der Waals surface area contributed by atoms with Crippen LogP contribution in [-0.2, 0) is 6.54 Å². The van der Waals surface area contributed by atoms with Gasteiger partial charge in [0.05, 0.1) is 6.54 Å². The van der Waals surface area contributed by atoms with Crippen molar-refractivity contribution in [3.8, 4) is 0 Å². The van der Waals surface area contributed by atoms with Gasteiger partial charge in [0.1, 0.15) is 0 Å². The van der Waals surface area contributed by atoms with Gasteiger partial charge < -0.3 is 10.6 Å². The van der Waals surface area contributed by atoms with Crippen molar-refractivity contribution in [3.05, 3.63) is 34.9 Å². The minimum absolute atomic E-state index is 0. The topological polar surface area (TPSA) is 39.7 Å². The van der Waals surface area contributed by atoms with Crippen molar-refractivity contribution in [1.82, 2.24) is 15.5 Å². The Morgan fingerprint density at radius 2 is 1.89 bits per heavy atom. The predicted molar refractivity (Wildman–Crippen MR) is 115 cm³/mol. The maximum absolute atomic E-state index is 12.4. The third-order valence-corrected chi connectivity index (χ3v) is 4.95. The number of alkyl halides is 3. The van der Waals surface area contributed by atoms with Crippen LogP contribution in [0.25, 0.3) is 0 Å². The Morgan fingerprint density at radius 3 is 2.48 bits per heavy atom. The second-order valence-corrected chi connectivity index (χ2v) is 6.97. The van der Waals surface area contributed by atoms with Crippen molar-refractivity contribution >= 4 is 41.5 Å². The first-order chi connectivity index (χ1) is 12.4. The molecule has 0 aliphatic carbocycles. The van der Waals surface area contributed by atoms with E-state index in [1.165, 1.54) is 4.90 Å². The van der Waals surface area contributed by atoms with Crippen LogP contribution in [0, 0.1) is 5.92 Å². The first-order valence-corrected chi connectivity index (χ1v) is 9.22. The van der Waals surface area contributed by atoms with Gasteiger partial charge in [-0.3, -0.25) is 9.89 Å². The zero-order valence-corrected chi connectivity index (χ0v) is 18.4. The summed E-state index contributed by atoms with van der Waals surface area (Å²) in [5.74, 6) is 1.15. The minimum atomic E-state index is -4.10. The van der Waals surface area contributed by atoms with E-state index in [4.69, 9.17) is 11.6 Å². The Hall–Kier alpha value is -0.740. The van der Waals surface area contributed by atoms with Crippen LogP contribution < -0.4 is 10.6 Å². The highest BCUT2D eigenvalue weighted by Crippen LogP contribution is 2.24. The molecule has 0 atom stereocenters. The Balaban J connectivity index is 0.00000364. The number of guanidine groups is 1. The van der Waals surface area contributed by atoms with E-state index < -0.39 is 12.7 Å². The monoisotopic (exact) mass is 518 g/mol. The van der Waals surface area contributed by atoms with Crippen molar-refractivity contribution < 1.29 is 13.2 Å². The molecule has 1 heterocycles. The van der Waals surface area contributed by atoms with Gasteiger partial charge in [0.2, 0.25) is 0 Å². The molecular formula is C18H27ClF3IN4. The number of nitrogens with zero attached hydrogens (tertiary/aromatic N) is 2. The molecule has 0 radical (unpaired) electrons. The summed E-state index contributed by atoms with van der Waals surface area (Å²) in [5, 5.41) is 7.19. The van der Waals surface area contributed by atoms with Crippen LogP contribution >= 0.6 is 35.6 Å². The van der Waals surface area contributed by atoms with E-state index in [-0.39, 0.29) is 24.0 Å². The van der Waals surface area contributed by atoms with E-state index >= 15 is 0 Å². The molecule has 1 aromatic rings. The number of rotatable bonds is 6. The third-order valence-electron chi connectivity index (χ3n) is 4.58. The Bertz CT molecular complexity index is 590. The average molecular weight is 519 g/mol. The molecule has 27 heavy (non-hydrogen) atoms. The molecule has 2 N–H and O–H groups in total. The number of nitrogens with one attached hydrogen (secondary N) is 2. The molecule has 1 aromatic carbocycles. The summed E-state index contributed by atoms with van der Waals surface area (Å²) < 4.78 is 37.2. The molecule has 0 spiro atoms. The Kier molecular flexibility index (Phi) is 10.8. The largest absolute Gasteiger partial charge is 0.401 e. The summed E-state index contributed by atoms with van der Waals surface area (Å²) >= 11 is 6.13. The van der Waals surface area contributed by atoms with Crippen molar-refractivity contribution in [3.63, 3.8) is 0 Å². The minimum Gasteiger partial charge on any atom is -0.356 e. The lowest BCUT2D eigenvalue weighted by Gasteiger charge is -2.32. The van der Waals surface area contributed by atoms with Gasteiger partial charge in [-0.25, -0.2) is 0 Å². The van der Waals surface area contributed by atoms with Gasteiger partial charge in [0, 0.05) is 25.2 Å². The van der Waals surface area contributed by atoms with Crippen LogP contribution in [-0.4, -0.2) is 50.3 Å². The zero-order valence-electron chi connectivity index (χ0n) is 15.4. The van der Waals surface area contributed by atoms with E-state index in [2.05, 4.69) is 15.6 Å². The predicted octanol–water partition coefficient (Wildman–Crippen LogP) is 4.29. The third kappa shape index (κ3) is 9.34. The second kappa shape index (κ2) is 12.0. The first-order valence-electron chi connectivity index (χ1n) is 8.84. The highest BCUT2D eigenvalue weighted by atomic mass is 127. The van der Waals surface area contributed by atoms with E-state index in [0.717, 1.165) is 31.4 Å². The van der Waals surface area contributed by atoms with Crippen LogP contribution in [0.3, 0.4) is 0 Å². The summed E-state index contributed by atoms with van der Waals surface area (Å²) in [6, 6.07) is 7.63. The first kappa shape index (κ1) is 24.3. The molecule has 0 bridgehead atoms. The molecule has 1 saturated heterocycles. The Labute approximate surface area is 181 Å². The van der Waals surface area contributed by atoms with Gasteiger partial charge in [-0.2, -0.15) is 13.2 Å². The molecule has 9 heteroatoms. The van der Waals surface area contributed by atoms with Crippen molar-refractivity contribution in [2.24, 2.45) is 10.9 Å². The number of hydrogen-bond donors (Lipinski definition) is 2. The molecule has 0 unspecified atom stereocenters. The van der Waals surface area contributed by atoms with Gasteiger partial charge in [-0.05, 0) is 49.9 Å². The van der Waals surface area contributed by atoms with Gasteiger partial charge >= 0.3 is 6.18 Å². The fourth-order valence-electron chi connectivity index (χ4n) is 3.12. The van der Waals surface area contributed by atoms with Gasteiger partial charge in [0.25, 0.3) is 0 Å². The summed E-state index contributed by atoms with van der Waals surface area (Å²) in [6.07, 6.45) is -1.56. The summed E-state index contributed by atoms with van der Waals surface area (Å²) in [6.45, 7) is 1.56. The lowest BCUT2D eigenvalue weighted by molar-refractivity contribution is -0.148. The van der Waals surface area contributed by atoms with Crippen LogP contribution in [0.15, 0.2) is 29.3 Å². The molecule has 154 valence electrons. The van der Waals surface area contributed by atoms with E-state index in [1.54, 1.807) is 7.05 Å². The lowest BCUT2D eigenvalue weighted by atomic mass is 9.93. The Morgan fingerprint density at radius 1 is 1.22 bits per heavy atom. The fourth-order valence-corrected chi connectivity index (χ4v) is 3.33. The molecular weight excluding hydrogens is 492 g/mol. The van der Waals surface area contributed by atoms with Gasteiger partial charge in [0.15, 0.2) is 5.96 Å². The smallest absolute Gasteiger partial charge is 0.356 e. The van der Waals surface area contributed by atoms with Crippen molar-refractivity contribution in [2.75, 3.05) is 33.2 Å². The normalized spacial score (nSPS) is 16.7. The standard InChI is InChI=1S/C18H26ClF3N4.HI/c1-23-17(25-12-15-4-2-3-5-16(15)19)24-9-6-14-7-10-26(11-8-14)13-18(20,21)22;/h2-5,14H,6-13H2,1H3,(H2,23,24,25);1H.